The van der Waals surface area contributed by atoms with Gasteiger partial charge in [-0.1, -0.05) is 19.3 Å². The summed E-state index contributed by atoms with van der Waals surface area (Å²) in [5.41, 5.74) is 3.61. The SMILES string of the molecule is CC(C)n1nc(CCC(=O)N2CCN(C3CCCCC3)CC2)c2c1CCOC2. The van der Waals surface area contributed by atoms with Crippen LogP contribution in [0.2, 0.25) is 0 Å². The largest absolute Gasteiger partial charge is 0.376 e. The molecule has 1 aliphatic carbocycles. The molecule has 1 saturated heterocycles. The van der Waals surface area contributed by atoms with Crippen molar-refractivity contribution in [3.63, 3.8) is 0 Å². The molecule has 156 valence electrons. The number of aromatic nitrogens is 2. The van der Waals surface area contributed by atoms with Gasteiger partial charge in [-0.15, -0.1) is 0 Å². The highest BCUT2D eigenvalue weighted by Gasteiger charge is 2.28. The van der Waals surface area contributed by atoms with Crippen molar-refractivity contribution in [2.75, 3.05) is 32.8 Å². The lowest BCUT2D eigenvalue weighted by Crippen LogP contribution is -2.52. The van der Waals surface area contributed by atoms with E-state index in [1.165, 1.54) is 43.4 Å². The Morgan fingerprint density at radius 2 is 1.89 bits per heavy atom. The lowest BCUT2D eigenvalue weighted by atomic mass is 9.94. The molecule has 1 amide bonds. The van der Waals surface area contributed by atoms with Crippen molar-refractivity contribution in [1.82, 2.24) is 19.6 Å². The topological polar surface area (TPSA) is 50.6 Å². The van der Waals surface area contributed by atoms with Crippen LogP contribution in [0.5, 0.6) is 0 Å². The highest BCUT2D eigenvalue weighted by Crippen LogP contribution is 2.26. The number of rotatable bonds is 5. The Kier molecular flexibility index (Phi) is 6.36. The van der Waals surface area contributed by atoms with Gasteiger partial charge in [0.15, 0.2) is 0 Å². The summed E-state index contributed by atoms with van der Waals surface area (Å²) < 4.78 is 7.81. The van der Waals surface area contributed by atoms with E-state index >= 15 is 0 Å². The zero-order valence-electron chi connectivity index (χ0n) is 17.7. The summed E-state index contributed by atoms with van der Waals surface area (Å²) in [4.78, 5) is 17.5. The molecule has 6 heteroatoms. The maximum absolute atomic E-state index is 12.8. The second-order valence-corrected chi connectivity index (χ2v) is 8.92. The van der Waals surface area contributed by atoms with E-state index in [0.29, 0.717) is 19.1 Å². The summed E-state index contributed by atoms with van der Waals surface area (Å²) in [7, 11) is 0. The van der Waals surface area contributed by atoms with Crippen LogP contribution in [0, 0.1) is 0 Å². The molecule has 0 atom stereocenters. The van der Waals surface area contributed by atoms with E-state index in [4.69, 9.17) is 9.84 Å². The third kappa shape index (κ3) is 4.28. The van der Waals surface area contributed by atoms with Crippen molar-refractivity contribution >= 4 is 5.91 Å². The summed E-state index contributed by atoms with van der Waals surface area (Å²) in [6.45, 7) is 9.62. The van der Waals surface area contributed by atoms with Gasteiger partial charge in [-0.2, -0.15) is 5.10 Å². The van der Waals surface area contributed by atoms with Crippen molar-refractivity contribution < 1.29 is 9.53 Å². The molecule has 0 aromatic carbocycles. The number of aryl methyl sites for hydroxylation is 1. The fourth-order valence-corrected chi connectivity index (χ4v) is 5.12. The third-order valence-electron chi connectivity index (χ3n) is 6.75. The number of ether oxygens (including phenoxy) is 1. The molecule has 0 spiro atoms. The molecular weight excluding hydrogens is 352 g/mol. The number of carbonyl (C=O) groups excluding carboxylic acids is 1. The van der Waals surface area contributed by atoms with Crippen LogP contribution in [-0.2, 0) is 29.0 Å². The standard InChI is InChI=1S/C22H36N4O2/c1-17(2)26-21-10-15-28-16-19(21)20(23-26)8-9-22(27)25-13-11-24(12-14-25)18-6-4-3-5-7-18/h17-18H,3-16H2,1-2H3. The monoisotopic (exact) mass is 388 g/mol. The average Bonchev–Trinajstić information content (AvgIpc) is 3.12. The Labute approximate surface area is 169 Å². The number of hydrogen-bond acceptors (Lipinski definition) is 4. The molecule has 0 N–H and O–H groups in total. The molecule has 1 aromatic heterocycles. The number of carbonyl (C=O) groups is 1. The van der Waals surface area contributed by atoms with Crippen LogP contribution in [0.1, 0.15) is 75.4 Å². The molecule has 3 heterocycles. The minimum absolute atomic E-state index is 0.285. The van der Waals surface area contributed by atoms with Crippen molar-refractivity contribution in [2.45, 2.75) is 83.9 Å². The normalized spacial score (nSPS) is 21.9. The summed E-state index contributed by atoms with van der Waals surface area (Å²) in [5.74, 6) is 0.285. The van der Waals surface area contributed by atoms with Gasteiger partial charge in [-0.3, -0.25) is 14.4 Å². The van der Waals surface area contributed by atoms with Crippen LogP contribution >= 0.6 is 0 Å². The molecule has 1 aromatic rings. The van der Waals surface area contributed by atoms with E-state index < -0.39 is 0 Å². The lowest BCUT2D eigenvalue weighted by molar-refractivity contribution is -0.133. The number of nitrogens with zero attached hydrogens (tertiary/aromatic N) is 4. The second-order valence-electron chi connectivity index (χ2n) is 8.92. The van der Waals surface area contributed by atoms with E-state index in [0.717, 1.165) is 57.4 Å². The number of hydrogen-bond donors (Lipinski definition) is 0. The van der Waals surface area contributed by atoms with E-state index in [1.54, 1.807) is 0 Å². The van der Waals surface area contributed by atoms with Crippen LogP contribution in [0.4, 0.5) is 0 Å². The van der Waals surface area contributed by atoms with Gasteiger partial charge in [0.2, 0.25) is 5.91 Å². The van der Waals surface area contributed by atoms with Crippen LogP contribution < -0.4 is 0 Å². The van der Waals surface area contributed by atoms with E-state index in [9.17, 15) is 4.79 Å². The Morgan fingerprint density at radius 1 is 1.14 bits per heavy atom. The minimum Gasteiger partial charge on any atom is -0.376 e. The smallest absolute Gasteiger partial charge is 0.223 e. The zero-order chi connectivity index (χ0) is 19.5. The van der Waals surface area contributed by atoms with Gasteiger partial charge in [0, 0.05) is 68.8 Å². The van der Waals surface area contributed by atoms with Crippen LogP contribution in [0.3, 0.4) is 0 Å². The maximum Gasteiger partial charge on any atom is 0.223 e. The molecule has 28 heavy (non-hydrogen) atoms. The summed E-state index contributed by atoms with van der Waals surface area (Å²) in [5, 5.41) is 4.84. The van der Waals surface area contributed by atoms with Crippen LogP contribution in [0.15, 0.2) is 0 Å². The fraction of sp³-hybridized carbons (Fsp3) is 0.818. The van der Waals surface area contributed by atoms with Crippen LogP contribution in [-0.4, -0.2) is 64.3 Å². The first-order valence-corrected chi connectivity index (χ1v) is 11.3. The average molecular weight is 389 g/mol. The highest BCUT2D eigenvalue weighted by molar-refractivity contribution is 5.76. The zero-order valence-corrected chi connectivity index (χ0v) is 17.7. The first-order valence-electron chi connectivity index (χ1n) is 11.3. The maximum atomic E-state index is 12.8. The summed E-state index contributed by atoms with van der Waals surface area (Å²) in [6, 6.07) is 1.11. The van der Waals surface area contributed by atoms with Gasteiger partial charge in [0.25, 0.3) is 0 Å². The van der Waals surface area contributed by atoms with Crippen molar-refractivity contribution in [1.29, 1.82) is 0 Å². The molecule has 1 saturated carbocycles. The van der Waals surface area contributed by atoms with Crippen molar-refractivity contribution in [3.8, 4) is 0 Å². The Morgan fingerprint density at radius 3 is 2.61 bits per heavy atom. The fourth-order valence-electron chi connectivity index (χ4n) is 5.12. The number of amides is 1. The lowest BCUT2D eigenvalue weighted by Gasteiger charge is -2.40. The van der Waals surface area contributed by atoms with Gasteiger partial charge >= 0.3 is 0 Å². The van der Waals surface area contributed by atoms with Gasteiger partial charge in [0.05, 0.1) is 18.9 Å². The molecule has 0 unspecified atom stereocenters. The molecule has 2 fully saturated rings. The highest BCUT2D eigenvalue weighted by atomic mass is 16.5. The van der Waals surface area contributed by atoms with E-state index in [1.807, 2.05) is 0 Å². The summed E-state index contributed by atoms with van der Waals surface area (Å²) >= 11 is 0. The van der Waals surface area contributed by atoms with E-state index in [2.05, 4.69) is 28.3 Å². The Bertz CT molecular complexity index is 670. The van der Waals surface area contributed by atoms with Gasteiger partial charge in [0.1, 0.15) is 0 Å². The first-order chi connectivity index (χ1) is 13.6. The van der Waals surface area contributed by atoms with Gasteiger partial charge in [-0.05, 0) is 26.7 Å². The predicted molar refractivity (Wildman–Crippen MR) is 109 cm³/mol. The first kappa shape index (κ1) is 19.9. The Balaban J connectivity index is 1.30. The predicted octanol–water partition coefficient (Wildman–Crippen LogP) is 2.95. The third-order valence-corrected chi connectivity index (χ3v) is 6.75. The number of fused-ring (bicyclic) bond motifs is 1. The van der Waals surface area contributed by atoms with E-state index in [-0.39, 0.29) is 5.91 Å². The number of piperazine rings is 1. The molecule has 0 bridgehead atoms. The molecule has 3 aliphatic rings. The molecule has 4 rings (SSSR count). The Hall–Kier alpha value is -1.40. The molecule has 0 radical (unpaired) electrons. The molecule has 6 nitrogen and oxygen atoms in total. The summed E-state index contributed by atoms with van der Waals surface area (Å²) in [6.07, 6.45) is 9.06. The van der Waals surface area contributed by atoms with Crippen molar-refractivity contribution in [2.24, 2.45) is 0 Å². The second kappa shape index (κ2) is 8.95. The molecular formula is C22H36N4O2. The molecule has 2 aliphatic heterocycles. The van der Waals surface area contributed by atoms with Gasteiger partial charge in [-0.25, -0.2) is 0 Å². The van der Waals surface area contributed by atoms with Crippen LogP contribution in [0.25, 0.3) is 0 Å². The van der Waals surface area contributed by atoms with Gasteiger partial charge < -0.3 is 9.64 Å². The minimum atomic E-state index is 0.285. The quantitative estimate of drug-likeness (QED) is 0.778. The van der Waals surface area contributed by atoms with Crippen molar-refractivity contribution in [3.05, 3.63) is 17.0 Å².